The highest BCUT2D eigenvalue weighted by Gasteiger charge is 2.21. The molecule has 1 aromatic carbocycles. The second-order valence-corrected chi connectivity index (χ2v) is 5.38. The van der Waals surface area contributed by atoms with Crippen molar-refractivity contribution in [2.45, 2.75) is 31.7 Å². The Hall–Kier alpha value is -1.39. The molecule has 0 aliphatic carbocycles. The normalized spacial score (nSPS) is 19.9. The van der Waals surface area contributed by atoms with E-state index in [0.29, 0.717) is 12.3 Å². The summed E-state index contributed by atoms with van der Waals surface area (Å²) in [5.74, 6) is -0.126. The van der Waals surface area contributed by atoms with E-state index in [2.05, 4.69) is 17.4 Å². The zero-order valence-electron chi connectivity index (χ0n) is 11.8. The first-order chi connectivity index (χ1) is 9.75. The van der Waals surface area contributed by atoms with Gasteiger partial charge in [-0.15, -0.1) is 0 Å². The third-order valence-corrected chi connectivity index (χ3v) is 3.75. The molecule has 2 rings (SSSR count). The zero-order valence-corrected chi connectivity index (χ0v) is 11.8. The number of carbonyl (C=O) groups is 1. The molecule has 2 N–H and O–H groups in total. The van der Waals surface area contributed by atoms with Gasteiger partial charge in [0.2, 0.25) is 0 Å². The zero-order chi connectivity index (χ0) is 14.2. The van der Waals surface area contributed by atoms with Crippen LogP contribution in [0.3, 0.4) is 0 Å². The number of aliphatic carboxylic acids is 1. The molecular formula is C16H23NO3. The van der Waals surface area contributed by atoms with Crippen molar-refractivity contribution < 1.29 is 14.6 Å². The highest BCUT2D eigenvalue weighted by atomic mass is 16.5. The van der Waals surface area contributed by atoms with Gasteiger partial charge in [0, 0.05) is 25.7 Å². The fourth-order valence-corrected chi connectivity index (χ4v) is 2.64. The minimum Gasteiger partial charge on any atom is -0.481 e. The maximum Gasteiger partial charge on any atom is 0.303 e. The summed E-state index contributed by atoms with van der Waals surface area (Å²) in [6.45, 7) is 2.45. The van der Waals surface area contributed by atoms with Crippen molar-refractivity contribution in [3.8, 4) is 0 Å². The van der Waals surface area contributed by atoms with Crippen molar-refractivity contribution in [2.75, 3.05) is 19.8 Å². The van der Waals surface area contributed by atoms with Gasteiger partial charge in [0.25, 0.3) is 0 Å². The number of carboxylic acid groups (broad SMARTS) is 1. The Bertz CT molecular complexity index is 401. The maximum atomic E-state index is 10.5. The van der Waals surface area contributed by atoms with Crippen molar-refractivity contribution in [1.29, 1.82) is 0 Å². The van der Waals surface area contributed by atoms with Gasteiger partial charge >= 0.3 is 5.97 Å². The van der Waals surface area contributed by atoms with Crippen molar-refractivity contribution in [3.05, 3.63) is 35.9 Å². The molecule has 4 heteroatoms. The van der Waals surface area contributed by atoms with E-state index in [9.17, 15) is 4.79 Å². The lowest BCUT2D eigenvalue weighted by atomic mass is 9.94. The SMILES string of the molecule is O=C(O)CCCNC(CC1CCOC1)c1ccccc1. The van der Waals surface area contributed by atoms with Crippen LogP contribution in [0.25, 0.3) is 0 Å². The highest BCUT2D eigenvalue weighted by molar-refractivity contribution is 5.66. The molecule has 0 spiro atoms. The van der Waals surface area contributed by atoms with Gasteiger partial charge < -0.3 is 15.2 Å². The Morgan fingerprint density at radius 2 is 2.20 bits per heavy atom. The van der Waals surface area contributed by atoms with Crippen LogP contribution in [0.15, 0.2) is 30.3 Å². The molecule has 1 heterocycles. The van der Waals surface area contributed by atoms with Crippen LogP contribution in [-0.4, -0.2) is 30.8 Å². The Morgan fingerprint density at radius 3 is 2.85 bits per heavy atom. The van der Waals surface area contributed by atoms with Crippen LogP contribution >= 0.6 is 0 Å². The first-order valence-corrected chi connectivity index (χ1v) is 7.33. The van der Waals surface area contributed by atoms with Gasteiger partial charge in [0.15, 0.2) is 0 Å². The molecule has 0 saturated carbocycles. The average Bonchev–Trinajstić information content (AvgIpc) is 2.96. The van der Waals surface area contributed by atoms with Crippen LogP contribution in [0, 0.1) is 5.92 Å². The molecule has 1 saturated heterocycles. The van der Waals surface area contributed by atoms with Crippen LogP contribution in [0.1, 0.15) is 37.3 Å². The lowest BCUT2D eigenvalue weighted by Crippen LogP contribution is -2.25. The summed E-state index contributed by atoms with van der Waals surface area (Å²) in [5.41, 5.74) is 1.27. The van der Waals surface area contributed by atoms with Crippen LogP contribution in [0.4, 0.5) is 0 Å². The van der Waals surface area contributed by atoms with Crippen LogP contribution < -0.4 is 5.32 Å². The minimum atomic E-state index is -0.729. The summed E-state index contributed by atoms with van der Waals surface area (Å²) in [6, 6.07) is 10.7. The summed E-state index contributed by atoms with van der Waals surface area (Å²) in [6.07, 6.45) is 3.07. The third kappa shape index (κ3) is 4.94. The number of nitrogens with one attached hydrogen (secondary N) is 1. The van der Waals surface area contributed by atoms with E-state index < -0.39 is 5.97 Å². The molecule has 20 heavy (non-hydrogen) atoms. The molecule has 1 fully saturated rings. The predicted octanol–water partition coefficient (Wildman–Crippen LogP) is 2.61. The van der Waals surface area contributed by atoms with Crippen LogP contribution in [0.5, 0.6) is 0 Å². The van der Waals surface area contributed by atoms with Crippen LogP contribution in [0.2, 0.25) is 0 Å². The molecule has 1 aliphatic rings. The van der Waals surface area contributed by atoms with Crippen molar-refractivity contribution in [2.24, 2.45) is 5.92 Å². The Balaban J connectivity index is 1.87. The fraction of sp³-hybridized carbons (Fsp3) is 0.562. The molecule has 1 aromatic rings. The quantitative estimate of drug-likeness (QED) is 0.717. The molecule has 1 aliphatic heterocycles. The van der Waals surface area contributed by atoms with Gasteiger partial charge in [-0.25, -0.2) is 0 Å². The van der Waals surface area contributed by atoms with Crippen molar-refractivity contribution >= 4 is 5.97 Å². The number of hydrogen-bond donors (Lipinski definition) is 2. The fourth-order valence-electron chi connectivity index (χ4n) is 2.64. The first kappa shape index (κ1) is 15.0. The summed E-state index contributed by atoms with van der Waals surface area (Å²) in [5, 5.41) is 12.2. The van der Waals surface area contributed by atoms with Gasteiger partial charge in [0.1, 0.15) is 0 Å². The largest absolute Gasteiger partial charge is 0.481 e. The summed E-state index contributed by atoms with van der Waals surface area (Å²) < 4.78 is 5.45. The molecule has 0 amide bonds. The van der Waals surface area contributed by atoms with Crippen LogP contribution in [-0.2, 0) is 9.53 Å². The minimum absolute atomic E-state index is 0.223. The van der Waals surface area contributed by atoms with E-state index in [1.54, 1.807) is 0 Å². The standard InChI is InChI=1S/C16H23NO3/c18-16(19)7-4-9-17-15(11-13-8-10-20-12-13)14-5-2-1-3-6-14/h1-3,5-6,13,15,17H,4,7-12H2,(H,18,19). The molecule has 4 nitrogen and oxygen atoms in total. The van der Waals surface area contributed by atoms with Crippen molar-refractivity contribution in [1.82, 2.24) is 5.32 Å². The molecule has 0 aromatic heterocycles. The van der Waals surface area contributed by atoms with E-state index in [-0.39, 0.29) is 12.5 Å². The third-order valence-electron chi connectivity index (χ3n) is 3.75. The Kier molecular flexibility index (Phi) is 6.02. The number of hydrogen-bond acceptors (Lipinski definition) is 3. The van der Waals surface area contributed by atoms with E-state index in [1.165, 1.54) is 5.56 Å². The first-order valence-electron chi connectivity index (χ1n) is 7.33. The van der Waals surface area contributed by atoms with Gasteiger partial charge in [-0.1, -0.05) is 30.3 Å². The van der Waals surface area contributed by atoms with E-state index in [4.69, 9.17) is 9.84 Å². The smallest absolute Gasteiger partial charge is 0.303 e. The second kappa shape index (κ2) is 8.02. The molecule has 2 atom stereocenters. The molecule has 2 unspecified atom stereocenters. The van der Waals surface area contributed by atoms with Gasteiger partial charge in [-0.2, -0.15) is 0 Å². The van der Waals surface area contributed by atoms with Gasteiger partial charge in [-0.3, -0.25) is 4.79 Å². The van der Waals surface area contributed by atoms with Gasteiger partial charge in [0.05, 0.1) is 0 Å². The number of carboxylic acids is 1. The topological polar surface area (TPSA) is 58.6 Å². The number of rotatable bonds is 8. The number of benzene rings is 1. The summed E-state index contributed by atoms with van der Waals surface area (Å²) in [4.78, 5) is 10.5. The summed E-state index contributed by atoms with van der Waals surface area (Å²) >= 11 is 0. The van der Waals surface area contributed by atoms with E-state index in [1.807, 2.05) is 18.2 Å². The molecular weight excluding hydrogens is 254 g/mol. The second-order valence-electron chi connectivity index (χ2n) is 5.38. The molecule has 110 valence electrons. The Labute approximate surface area is 120 Å². The molecule has 0 radical (unpaired) electrons. The van der Waals surface area contributed by atoms with Gasteiger partial charge in [-0.05, 0) is 37.3 Å². The monoisotopic (exact) mass is 277 g/mol. The maximum absolute atomic E-state index is 10.5. The lowest BCUT2D eigenvalue weighted by molar-refractivity contribution is -0.137. The lowest BCUT2D eigenvalue weighted by Gasteiger charge is -2.22. The Morgan fingerprint density at radius 1 is 1.40 bits per heavy atom. The van der Waals surface area contributed by atoms with E-state index in [0.717, 1.165) is 32.6 Å². The predicted molar refractivity (Wildman–Crippen MR) is 77.6 cm³/mol. The van der Waals surface area contributed by atoms with E-state index >= 15 is 0 Å². The highest BCUT2D eigenvalue weighted by Crippen LogP contribution is 2.26. The summed E-state index contributed by atoms with van der Waals surface area (Å²) in [7, 11) is 0. The van der Waals surface area contributed by atoms with Crippen molar-refractivity contribution in [3.63, 3.8) is 0 Å². The molecule has 0 bridgehead atoms. The number of ether oxygens (including phenoxy) is 1. The average molecular weight is 277 g/mol.